The molecular weight excluding hydrogens is 174 g/mol. The molecule has 0 aromatic carbocycles. The first-order chi connectivity index (χ1) is 6.81. The molecule has 78 valence electrons. The van der Waals surface area contributed by atoms with Crippen molar-refractivity contribution in [3.05, 3.63) is 18.0 Å². The maximum Gasteiger partial charge on any atom is 0.0525 e. The third-order valence-electron chi connectivity index (χ3n) is 3.06. The highest BCUT2D eigenvalue weighted by molar-refractivity contribution is 5.15. The topological polar surface area (TPSA) is 29.9 Å². The van der Waals surface area contributed by atoms with Gasteiger partial charge in [-0.1, -0.05) is 6.92 Å². The molecule has 1 N–H and O–H groups in total. The van der Waals surface area contributed by atoms with E-state index >= 15 is 0 Å². The Morgan fingerprint density at radius 2 is 2.50 bits per heavy atom. The number of rotatable bonds is 3. The van der Waals surface area contributed by atoms with Gasteiger partial charge in [-0.25, -0.2) is 0 Å². The molecule has 2 rings (SSSR count). The molecule has 0 aliphatic carbocycles. The summed E-state index contributed by atoms with van der Waals surface area (Å²) >= 11 is 0. The van der Waals surface area contributed by atoms with Gasteiger partial charge in [0.1, 0.15) is 0 Å². The molecule has 1 fully saturated rings. The van der Waals surface area contributed by atoms with Crippen molar-refractivity contribution in [1.82, 2.24) is 15.1 Å². The van der Waals surface area contributed by atoms with E-state index in [1.54, 1.807) is 0 Å². The van der Waals surface area contributed by atoms with Crippen molar-refractivity contribution in [3.63, 3.8) is 0 Å². The monoisotopic (exact) mass is 193 g/mol. The van der Waals surface area contributed by atoms with Crippen LogP contribution in [0.1, 0.15) is 38.2 Å². The van der Waals surface area contributed by atoms with Gasteiger partial charge in [0.2, 0.25) is 0 Å². The van der Waals surface area contributed by atoms with Crippen molar-refractivity contribution in [2.45, 2.75) is 45.2 Å². The average molecular weight is 193 g/mol. The number of nitrogens with zero attached hydrogens (tertiary/aromatic N) is 2. The third-order valence-corrected chi connectivity index (χ3v) is 3.06. The quantitative estimate of drug-likeness (QED) is 0.792. The molecule has 2 heterocycles. The summed E-state index contributed by atoms with van der Waals surface area (Å²) in [7, 11) is 0. The zero-order chi connectivity index (χ0) is 9.97. The van der Waals surface area contributed by atoms with E-state index in [0.717, 1.165) is 19.5 Å². The summed E-state index contributed by atoms with van der Waals surface area (Å²) in [5.74, 6) is 0.667. The van der Waals surface area contributed by atoms with Crippen LogP contribution in [-0.2, 0) is 6.54 Å². The third kappa shape index (κ3) is 1.82. The first-order valence-electron chi connectivity index (χ1n) is 5.57. The molecule has 0 saturated carbocycles. The average Bonchev–Trinajstić information content (AvgIpc) is 2.74. The fourth-order valence-corrected chi connectivity index (χ4v) is 2.24. The molecule has 14 heavy (non-hydrogen) atoms. The molecule has 3 heteroatoms. The number of hydrogen-bond acceptors (Lipinski definition) is 2. The van der Waals surface area contributed by atoms with Gasteiger partial charge in [-0.05, 0) is 31.9 Å². The minimum absolute atomic E-state index is 0.606. The molecular formula is C11H19N3. The van der Waals surface area contributed by atoms with Crippen LogP contribution in [0.3, 0.4) is 0 Å². The van der Waals surface area contributed by atoms with Crippen LogP contribution < -0.4 is 5.32 Å². The number of aromatic nitrogens is 2. The van der Waals surface area contributed by atoms with Crippen LogP contribution in [-0.4, -0.2) is 22.4 Å². The summed E-state index contributed by atoms with van der Waals surface area (Å²) < 4.78 is 2.06. The number of nitrogens with one attached hydrogen (secondary N) is 1. The fourth-order valence-electron chi connectivity index (χ4n) is 2.24. The van der Waals surface area contributed by atoms with E-state index in [1.807, 2.05) is 6.20 Å². The van der Waals surface area contributed by atoms with E-state index in [4.69, 9.17) is 0 Å². The van der Waals surface area contributed by atoms with E-state index in [9.17, 15) is 0 Å². The van der Waals surface area contributed by atoms with Crippen molar-refractivity contribution >= 4 is 0 Å². The Morgan fingerprint density at radius 3 is 3.14 bits per heavy atom. The lowest BCUT2D eigenvalue weighted by molar-refractivity contribution is 0.585. The Kier molecular flexibility index (Phi) is 2.87. The van der Waals surface area contributed by atoms with E-state index in [1.165, 1.54) is 12.0 Å². The Labute approximate surface area is 85.5 Å². The van der Waals surface area contributed by atoms with Crippen molar-refractivity contribution in [2.24, 2.45) is 0 Å². The lowest BCUT2D eigenvalue weighted by atomic mass is 9.96. The minimum atomic E-state index is 0.606. The highest BCUT2D eigenvalue weighted by Crippen LogP contribution is 2.26. The van der Waals surface area contributed by atoms with Crippen molar-refractivity contribution in [1.29, 1.82) is 0 Å². The standard InChI is InChI=1S/C11H19N3/c1-3-6-14-8-10(7-13-14)11-4-5-12-9(11)2/h7-9,11-12H,3-6H2,1-2H3. The minimum Gasteiger partial charge on any atom is -0.314 e. The summed E-state index contributed by atoms with van der Waals surface area (Å²) in [4.78, 5) is 0. The van der Waals surface area contributed by atoms with Crippen molar-refractivity contribution < 1.29 is 0 Å². The molecule has 3 nitrogen and oxygen atoms in total. The Balaban J connectivity index is 2.08. The van der Waals surface area contributed by atoms with Gasteiger partial charge in [0.25, 0.3) is 0 Å². The first kappa shape index (κ1) is 9.71. The second-order valence-corrected chi connectivity index (χ2v) is 4.17. The first-order valence-corrected chi connectivity index (χ1v) is 5.57. The van der Waals surface area contributed by atoms with Crippen LogP contribution in [0.15, 0.2) is 12.4 Å². The van der Waals surface area contributed by atoms with Gasteiger partial charge in [0, 0.05) is 24.7 Å². The maximum absolute atomic E-state index is 4.37. The summed E-state index contributed by atoms with van der Waals surface area (Å²) in [6.45, 7) is 6.62. The van der Waals surface area contributed by atoms with Crippen LogP contribution in [0.25, 0.3) is 0 Å². The Bertz CT molecular complexity index is 292. The zero-order valence-electron chi connectivity index (χ0n) is 9.03. The smallest absolute Gasteiger partial charge is 0.0525 e. The predicted molar refractivity (Wildman–Crippen MR) is 57.3 cm³/mol. The summed E-state index contributed by atoms with van der Waals surface area (Å²) in [6.07, 6.45) is 6.64. The molecule has 1 aromatic heterocycles. The van der Waals surface area contributed by atoms with Gasteiger partial charge in [-0.2, -0.15) is 5.10 Å². The second kappa shape index (κ2) is 4.13. The number of hydrogen-bond donors (Lipinski definition) is 1. The largest absolute Gasteiger partial charge is 0.314 e. The van der Waals surface area contributed by atoms with E-state index in [0.29, 0.717) is 12.0 Å². The summed E-state index contributed by atoms with van der Waals surface area (Å²) in [6, 6.07) is 0.606. The molecule has 2 unspecified atom stereocenters. The van der Waals surface area contributed by atoms with E-state index < -0.39 is 0 Å². The molecule has 0 radical (unpaired) electrons. The molecule has 0 spiro atoms. The fraction of sp³-hybridized carbons (Fsp3) is 0.727. The Hall–Kier alpha value is -0.830. The zero-order valence-corrected chi connectivity index (χ0v) is 9.03. The van der Waals surface area contributed by atoms with Crippen LogP contribution >= 0.6 is 0 Å². The Morgan fingerprint density at radius 1 is 1.64 bits per heavy atom. The van der Waals surface area contributed by atoms with Gasteiger partial charge in [-0.15, -0.1) is 0 Å². The predicted octanol–water partition coefficient (Wildman–Crippen LogP) is 1.76. The van der Waals surface area contributed by atoms with Gasteiger partial charge in [0.05, 0.1) is 6.20 Å². The van der Waals surface area contributed by atoms with Gasteiger partial charge in [0.15, 0.2) is 0 Å². The van der Waals surface area contributed by atoms with Crippen molar-refractivity contribution in [3.8, 4) is 0 Å². The lowest BCUT2D eigenvalue weighted by Crippen LogP contribution is -2.21. The highest BCUT2D eigenvalue weighted by atomic mass is 15.3. The van der Waals surface area contributed by atoms with Crippen molar-refractivity contribution in [2.75, 3.05) is 6.54 Å². The molecule has 1 aliphatic rings. The number of aryl methyl sites for hydroxylation is 1. The molecule has 0 amide bonds. The van der Waals surface area contributed by atoms with Gasteiger partial charge in [-0.3, -0.25) is 4.68 Å². The molecule has 2 atom stereocenters. The van der Waals surface area contributed by atoms with E-state index in [2.05, 4.69) is 35.1 Å². The second-order valence-electron chi connectivity index (χ2n) is 4.17. The van der Waals surface area contributed by atoms with Crippen LogP contribution in [0.5, 0.6) is 0 Å². The SMILES string of the molecule is CCCn1cc(C2CCNC2C)cn1. The van der Waals surface area contributed by atoms with E-state index in [-0.39, 0.29) is 0 Å². The van der Waals surface area contributed by atoms with Gasteiger partial charge >= 0.3 is 0 Å². The van der Waals surface area contributed by atoms with Crippen LogP contribution in [0.2, 0.25) is 0 Å². The molecule has 1 aliphatic heterocycles. The molecule has 0 bridgehead atoms. The molecule has 1 saturated heterocycles. The molecule has 1 aromatic rings. The summed E-state index contributed by atoms with van der Waals surface area (Å²) in [5, 5.41) is 7.85. The highest BCUT2D eigenvalue weighted by Gasteiger charge is 2.25. The summed E-state index contributed by atoms with van der Waals surface area (Å²) in [5.41, 5.74) is 1.40. The lowest BCUT2D eigenvalue weighted by Gasteiger charge is -2.12. The van der Waals surface area contributed by atoms with Crippen LogP contribution in [0.4, 0.5) is 0 Å². The maximum atomic E-state index is 4.37. The van der Waals surface area contributed by atoms with Crippen LogP contribution in [0, 0.1) is 0 Å². The van der Waals surface area contributed by atoms with Gasteiger partial charge < -0.3 is 5.32 Å². The normalized spacial score (nSPS) is 27.0.